The summed E-state index contributed by atoms with van der Waals surface area (Å²) < 4.78 is 16.6. The van der Waals surface area contributed by atoms with E-state index < -0.39 is 5.95 Å². The Bertz CT molecular complexity index is 1370. The molecule has 5 heterocycles. The van der Waals surface area contributed by atoms with Gasteiger partial charge in [0.1, 0.15) is 11.3 Å². The van der Waals surface area contributed by atoms with Crippen molar-refractivity contribution >= 4 is 22.6 Å². The number of likely N-dealkylation sites (N-methyl/N-ethyl adjacent to an activating group) is 1. The highest BCUT2D eigenvalue weighted by Crippen LogP contribution is 2.25. The van der Waals surface area contributed by atoms with Gasteiger partial charge < -0.3 is 9.47 Å². The van der Waals surface area contributed by atoms with Gasteiger partial charge in [0, 0.05) is 31.0 Å². The minimum Gasteiger partial charge on any atom is -0.328 e. The van der Waals surface area contributed by atoms with Gasteiger partial charge >= 0.3 is 0 Å². The molecule has 1 saturated heterocycles. The van der Waals surface area contributed by atoms with Gasteiger partial charge in [-0.05, 0) is 44.7 Å². The van der Waals surface area contributed by atoms with Crippen molar-refractivity contribution < 1.29 is 9.18 Å². The number of fused-ring (bicyclic) bond motifs is 1. The molecule has 4 aromatic rings. The average molecular weight is 475 g/mol. The summed E-state index contributed by atoms with van der Waals surface area (Å²) in [5.41, 5.74) is 3.44. The van der Waals surface area contributed by atoms with Crippen molar-refractivity contribution in [1.29, 1.82) is 0 Å². The second-order valence-corrected chi connectivity index (χ2v) is 8.87. The molecule has 0 spiro atoms. The van der Waals surface area contributed by atoms with Gasteiger partial charge in [-0.15, -0.1) is 0 Å². The van der Waals surface area contributed by atoms with Gasteiger partial charge in [0.25, 0.3) is 0 Å². The van der Waals surface area contributed by atoms with Crippen LogP contribution in [0.25, 0.3) is 22.4 Å². The Hall–Kier alpha value is -3.79. The highest BCUT2D eigenvalue weighted by atomic mass is 19.1. The van der Waals surface area contributed by atoms with Crippen LogP contribution in [0, 0.1) is 5.95 Å². The van der Waals surface area contributed by atoms with E-state index in [1.165, 1.54) is 0 Å². The van der Waals surface area contributed by atoms with E-state index in [1.54, 1.807) is 35.8 Å². The van der Waals surface area contributed by atoms with Crippen LogP contribution in [-0.2, 0) is 11.2 Å². The molecule has 9 nitrogen and oxygen atoms in total. The third-order valence-electron chi connectivity index (χ3n) is 6.25. The van der Waals surface area contributed by atoms with E-state index in [9.17, 15) is 9.18 Å². The molecule has 180 valence electrons. The van der Waals surface area contributed by atoms with E-state index in [2.05, 4.69) is 36.7 Å². The van der Waals surface area contributed by atoms with E-state index in [4.69, 9.17) is 0 Å². The van der Waals surface area contributed by atoms with Crippen LogP contribution in [0.15, 0.2) is 43.0 Å². The zero-order valence-electron chi connectivity index (χ0n) is 20.0. The van der Waals surface area contributed by atoms with Gasteiger partial charge in [-0.2, -0.15) is 4.39 Å². The number of anilines is 1. The maximum atomic E-state index is 14.6. The standard InChI is InChI=1S/C25H27FN8O/c1-4-32-9-10-33(23(35)14-32)18-6-5-17(28-13-18)11-22-27-8-7-19(30-22)20-12-21-24(25(26)31-20)29-15-34(21)16(2)3/h5-8,12-13,15-16H,4,9-11,14H2,1-3H3. The molecule has 0 aliphatic carbocycles. The monoisotopic (exact) mass is 474 g/mol. The summed E-state index contributed by atoms with van der Waals surface area (Å²) in [7, 11) is 0. The molecule has 35 heavy (non-hydrogen) atoms. The van der Waals surface area contributed by atoms with E-state index in [0.717, 1.165) is 24.5 Å². The fourth-order valence-electron chi connectivity index (χ4n) is 4.27. The Morgan fingerprint density at radius 1 is 1.06 bits per heavy atom. The first kappa shape index (κ1) is 23.0. The Morgan fingerprint density at radius 3 is 2.63 bits per heavy atom. The van der Waals surface area contributed by atoms with Crippen LogP contribution in [0.4, 0.5) is 10.1 Å². The number of pyridine rings is 2. The van der Waals surface area contributed by atoms with Crippen LogP contribution in [0.2, 0.25) is 0 Å². The molecule has 1 amide bonds. The largest absolute Gasteiger partial charge is 0.328 e. The van der Waals surface area contributed by atoms with Crippen molar-refractivity contribution in [2.75, 3.05) is 31.1 Å². The summed E-state index contributed by atoms with van der Waals surface area (Å²) in [6.07, 6.45) is 5.39. The molecule has 0 radical (unpaired) electrons. The number of amides is 1. The number of carbonyl (C=O) groups excluding carboxylic acids is 1. The summed E-state index contributed by atoms with van der Waals surface area (Å²) in [6, 6.07) is 7.44. The maximum absolute atomic E-state index is 14.6. The number of hydrogen-bond donors (Lipinski definition) is 0. The summed E-state index contributed by atoms with van der Waals surface area (Å²) in [5.74, 6) is 0.0119. The second-order valence-electron chi connectivity index (χ2n) is 8.87. The number of imidazole rings is 1. The van der Waals surface area contributed by atoms with Crippen LogP contribution in [0.3, 0.4) is 0 Å². The minimum atomic E-state index is -0.622. The SMILES string of the molecule is CCN1CCN(c2ccc(Cc3nccc(-c4cc5c(ncn5C(C)C)c(F)n4)n3)nc2)C(=O)C1. The zero-order chi connectivity index (χ0) is 24.5. The first-order valence-electron chi connectivity index (χ1n) is 11.8. The highest BCUT2D eigenvalue weighted by molar-refractivity contribution is 5.95. The molecule has 0 bridgehead atoms. The molecule has 0 N–H and O–H groups in total. The van der Waals surface area contributed by atoms with Gasteiger partial charge in [0.05, 0.1) is 48.1 Å². The molecule has 0 atom stereocenters. The van der Waals surface area contributed by atoms with Gasteiger partial charge in [-0.3, -0.25) is 14.7 Å². The highest BCUT2D eigenvalue weighted by Gasteiger charge is 2.24. The van der Waals surface area contributed by atoms with Crippen molar-refractivity contribution in [3.63, 3.8) is 0 Å². The van der Waals surface area contributed by atoms with Crippen LogP contribution in [0.1, 0.15) is 38.3 Å². The average Bonchev–Trinajstić information content (AvgIpc) is 3.30. The number of carbonyl (C=O) groups is 1. The van der Waals surface area contributed by atoms with Gasteiger partial charge in [-0.1, -0.05) is 6.92 Å². The fraction of sp³-hybridized carbons (Fsp3) is 0.360. The van der Waals surface area contributed by atoms with Crippen molar-refractivity contribution in [3.05, 3.63) is 60.5 Å². The molecule has 4 aromatic heterocycles. The predicted octanol–water partition coefficient (Wildman–Crippen LogP) is 3.26. The van der Waals surface area contributed by atoms with Crippen LogP contribution in [0.5, 0.6) is 0 Å². The summed E-state index contributed by atoms with van der Waals surface area (Å²) in [5, 5.41) is 0. The second kappa shape index (κ2) is 9.46. The zero-order valence-corrected chi connectivity index (χ0v) is 20.0. The number of aromatic nitrogens is 6. The Morgan fingerprint density at radius 2 is 1.91 bits per heavy atom. The van der Waals surface area contributed by atoms with Crippen molar-refractivity contribution in [3.8, 4) is 11.4 Å². The summed E-state index contributed by atoms with van der Waals surface area (Å²) in [4.78, 5) is 38.1. The topological polar surface area (TPSA) is 92.9 Å². The smallest absolute Gasteiger partial charge is 0.241 e. The lowest BCUT2D eigenvalue weighted by Crippen LogP contribution is -2.50. The van der Waals surface area contributed by atoms with E-state index >= 15 is 0 Å². The lowest BCUT2D eigenvalue weighted by atomic mass is 10.2. The van der Waals surface area contributed by atoms with Crippen molar-refractivity contribution in [1.82, 2.24) is 34.4 Å². The number of hydrogen-bond acceptors (Lipinski definition) is 7. The summed E-state index contributed by atoms with van der Waals surface area (Å²) >= 11 is 0. The number of nitrogens with zero attached hydrogens (tertiary/aromatic N) is 8. The quantitative estimate of drug-likeness (QED) is 0.396. The fourth-order valence-corrected chi connectivity index (χ4v) is 4.27. The van der Waals surface area contributed by atoms with Crippen LogP contribution in [-0.4, -0.2) is 66.5 Å². The molecule has 0 aromatic carbocycles. The molecular formula is C25H27FN8O. The lowest BCUT2D eigenvalue weighted by Gasteiger charge is -2.33. The van der Waals surface area contributed by atoms with Gasteiger partial charge in [0.15, 0.2) is 0 Å². The third kappa shape index (κ3) is 4.61. The molecular weight excluding hydrogens is 447 g/mol. The van der Waals surface area contributed by atoms with E-state index in [0.29, 0.717) is 42.2 Å². The normalized spacial score (nSPS) is 14.9. The third-order valence-corrected chi connectivity index (χ3v) is 6.25. The molecule has 5 rings (SSSR count). The number of halogens is 1. The molecule has 10 heteroatoms. The van der Waals surface area contributed by atoms with Gasteiger partial charge in [0.2, 0.25) is 11.9 Å². The van der Waals surface area contributed by atoms with Crippen molar-refractivity contribution in [2.45, 2.75) is 33.2 Å². The van der Waals surface area contributed by atoms with E-state index in [-0.39, 0.29) is 17.5 Å². The van der Waals surface area contributed by atoms with Gasteiger partial charge in [-0.25, -0.2) is 19.9 Å². The Balaban J connectivity index is 1.36. The molecule has 0 saturated carbocycles. The molecule has 0 unspecified atom stereocenters. The lowest BCUT2D eigenvalue weighted by molar-refractivity contribution is -0.121. The Labute approximate surface area is 202 Å². The molecule has 1 aliphatic rings. The number of rotatable bonds is 6. The first-order valence-corrected chi connectivity index (χ1v) is 11.8. The maximum Gasteiger partial charge on any atom is 0.241 e. The Kier molecular flexibility index (Phi) is 6.21. The summed E-state index contributed by atoms with van der Waals surface area (Å²) in [6.45, 7) is 8.89. The van der Waals surface area contributed by atoms with Crippen LogP contribution >= 0.6 is 0 Å². The number of piperazine rings is 1. The molecule has 1 aliphatic heterocycles. The minimum absolute atomic E-state index is 0.0826. The van der Waals surface area contributed by atoms with Crippen molar-refractivity contribution in [2.24, 2.45) is 0 Å². The van der Waals surface area contributed by atoms with E-state index in [1.807, 2.05) is 30.5 Å². The molecule has 1 fully saturated rings. The predicted molar refractivity (Wildman–Crippen MR) is 130 cm³/mol. The van der Waals surface area contributed by atoms with Crippen LogP contribution < -0.4 is 4.90 Å². The first-order chi connectivity index (χ1) is 16.9.